The van der Waals surface area contributed by atoms with E-state index >= 15 is 0 Å². The van der Waals surface area contributed by atoms with E-state index in [0.717, 1.165) is 34.6 Å². The maximum absolute atomic E-state index is 13.2. The molecule has 0 unspecified atom stereocenters. The normalized spacial score (nSPS) is 19.7. The molecule has 2 aromatic carbocycles. The minimum atomic E-state index is -0.303. The van der Waals surface area contributed by atoms with Gasteiger partial charge in [-0.2, -0.15) is 10.1 Å². The number of ether oxygens (including phenoxy) is 1. The number of anilines is 1. The number of hydrogen-bond acceptors (Lipinski definition) is 5. The number of aromatic nitrogens is 3. The Hall–Kier alpha value is -3.41. The van der Waals surface area contributed by atoms with Gasteiger partial charge >= 0.3 is 0 Å². The first-order chi connectivity index (χ1) is 14.5. The fraction of sp³-hybridized carbons (Fsp3) is 0.292. The molecule has 152 valence electrons. The number of nitrogens with zero attached hydrogens (tertiary/aromatic N) is 3. The van der Waals surface area contributed by atoms with Crippen molar-refractivity contribution >= 4 is 11.7 Å². The second-order valence-corrected chi connectivity index (χ2v) is 8.74. The van der Waals surface area contributed by atoms with E-state index in [1.54, 1.807) is 4.68 Å². The van der Waals surface area contributed by atoms with Crippen LogP contribution in [-0.4, -0.2) is 20.5 Å². The van der Waals surface area contributed by atoms with E-state index in [1.807, 2.05) is 54.6 Å². The molecule has 0 spiro atoms. The van der Waals surface area contributed by atoms with Crippen LogP contribution in [0.25, 0.3) is 0 Å². The van der Waals surface area contributed by atoms with Crippen LogP contribution in [-0.2, 0) is 11.4 Å². The molecule has 2 aliphatic rings. The maximum atomic E-state index is 13.2. The maximum Gasteiger partial charge on any atom is 0.226 e. The van der Waals surface area contributed by atoms with Gasteiger partial charge in [0.05, 0.1) is 0 Å². The molecule has 0 radical (unpaired) electrons. The molecule has 3 aromatic rings. The van der Waals surface area contributed by atoms with Crippen LogP contribution in [0.15, 0.2) is 72.2 Å². The quantitative estimate of drug-likeness (QED) is 0.698. The number of allylic oxidation sites excluding steroid dienone is 2. The van der Waals surface area contributed by atoms with E-state index in [-0.39, 0.29) is 17.2 Å². The predicted octanol–water partition coefficient (Wildman–Crippen LogP) is 4.52. The summed E-state index contributed by atoms with van der Waals surface area (Å²) in [4.78, 5) is 17.5. The van der Waals surface area contributed by atoms with Gasteiger partial charge in [-0.05, 0) is 35.1 Å². The summed E-state index contributed by atoms with van der Waals surface area (Å²) in [5, 5.41) is 7.76. The number of ketones is 1. The minimum Gasteiger partial charge on any atom is -0.489 e. The molecule has 6 nitrogen and oxygen atoms in total. The highest BCUT2D eigenvalue weighted by Gasteiger charge is 2.41. The summed E-state index contributed by atoms with van der Waals surface area (Å²) in [5.74, 6) is 1.60. The fourth-order valence-electron chi connectivity index (χ4n) is 4.37. The van der Waals surface area contributed by atoms with Crippen LogP contribution >= 0.6 is 0 Å². The summed E-state index contributed by atoms with van der Waals surface area (Å²) in [7, 11) is 0. The smallest absolute Gasteiger partial charge is 0.226 e. The topological polar surface area (TPSA) is 69.0 Å². The van der Waals surface area contributed by atoms with Gasteiger partial charge in [0.2, 0.25) is 5.95 Å². The van der Waals surface area contributed by atoms with E-state index in [0.29, 0.717) is 19.0 Å². The van der Waals surface area contributed by atoms with Crippen LogP contribution in [0.5, 0.6) is 5.75 Å². The van der Waals surface area contributed by atoms with Crippen molar-refractivity contribution in [2.45, 2.75) is 39.3 Å². The van der Waals surface area contributed by atoms with Crippen molar-refractivity contribution in [2.75, 3.05) is 5.32 Å². The van der Waals surface area contributed by atoms with Crippen molar-refractivity contribution in [1.29, 1.82) is 0 Å². The Bertz CT molecular complexity index is 1130. The Morgan fingerprint density at radius 3 is 2.80 bits per heavy atom. The van der Waals surface area contributed by atoms with Crippen LogP contribution in [0.3, 0.4) is 0 Å². The molecular weight excluding hydrogens is 376 g/mol. The molecule has 1 aromatic heterocycles. The molecule has 0 fully saturated rings. The number of fused-ring (bicyclic) bond motifs is 1. The molecule has 1 atom stereocenters. The largest absolute Gasteiger partial charge is 0.489 e. The number of Topliss-reactive ketones (excluding diaryl/α,β-unsaturated/α-hetero) is 1. The van der Waals surface area contributed by atoms with Crippen LogP contribution < -0.4 is 10.1 Å². The molecular formula is C24H24N4O2. The molecule has 0 saturated carbocycles. The van der Waals surface area contributed by atoms with Crippen molar-refractivity contribution in [1.82, 2.24) is 14.8 Å². The first-order valence-corrected chi connectivity index (χ1v) is 10.2. The molecule has 5 rings (SSSR count). The first-order valence-electron chi connectivity index (χ1n) is 10.2. The van der Waals surface area contributed by atoms with Crippen LogP contribution in [0, 0.1) is 5.41 Å². The molecule has 6 heteroatoms. The number of hydrogen-bond donors (Lipinski definition) is 1. The van der Waals surface area contributed by atoms with E-state index in [9.17, 15) is 4.79 Å². The molecule has 1 aliphatic heterocycles. The molecule has 2 heterocycles. The third kappa shape index (κ3) is 3.38. The molecule has 0 bridgehead atoms. The Morgan fingerprint density at radius 2 is 1.97 bits per heavy atom. The van der Waals surface area contributed by atoms with Gasteiger partial charge in [-0.1, -0.05) is 56.3 Å². The van der Waals surface area contributed by atoms with Crippen molar-refractivity contribution < 1.29 is 9.53 Å². The third-order valence-electron chi connectivity index (χ3n) is 5.70. The lowest BCUT2D eigenvalue weighted by Gasteiger charge is -2.38. The lowest BCUT2D eigenvalue weighted by Crippen LogP contribution is -2.36. The predicted molar refractivity (Wildman–Crippen MR) is 114 cm³/mol. The zero-order chi connectivity index (χ0) is 20.7. The zero-order valence-electron chi connectivity index (χ0n) is 17.1. The monoisotopic (exact) mass is 400 g/mol. The fourth-order valence-corrected chi connectivity index (χ4v) is 4.37. The number of nitrogens with one attached hydrogen (secondary N) is 1. The SMILES string of the molecule is CC1(C)CC(=O)C2=C(C1)Nc1ncnn1[C@H]2c1cccc(OCc2ccccc2)c1. The van der Waals surface area contributed by atoms with Gasteiger partial charge in [0.15, 0.2) is 5.78 Å². The van der Waals surface area contributed by atoms with Crippen molar-refractivity contribution in [3.8, 4) is 5.75 Å². The molecule has 30 heavy (non-hydrogen) atoms. The minimum absolute atomic E-state index is 0.0731. The summed E-state index contributed by atoms with van der Waals surface area (Å²) < 4.78 is 7.82. The van der Waals surface area contributed by atoms with Crippen LogP contribution in [0.2, 0.25) is 0 Å². The number of rotatable bonds is 4. The van der Waals surface area contributed by atoms with Gasteiger partial charge in [-0.25, -0.2) is 4.68 Å². The lowest BCUT2D eigenvalue weighted by molar-refractivity contribution is -0.118. The highest BCUT2D eigenvalue weighted by molar-refractivity contribution is 6.00. The van der Waals surface area contributed by atoms with E-state index in [1.165, 1.54) is 6.33 Å². The van der Waals surface area contributed by atoms with Gasteiger partial charge in [0.1, 0.15) is 24.7 Å². The number of carbonyl (C=O) groups is 1. The Balaban J connectivity index is 1.51. The molecule has 0 amide bonds. The molecule has 1 aliphatic carbocycles. The van der Waals surface area contributed by atoms with Gasteiger partial charge in [0.25, 0.3) is 0 Å². The Kier molecular flexibility index (Phi) is 4.42. The number of benzene rings is 2. The summed E-state index contributed by atoms with van der Waals surface area (Å²) >= 11 is 0. The summed E-state index contributed by atoms with van der Waals surface area (Å²) in [5.41, 5.74) is 3.74. The van der Waals surface area contributed by atoms with Gasteiger partial charge in [-0.15, -0.1) is 0 Å². The summed E-state index contributed by atoms with van der Waals surface area (Å²) in [6, 6.07) is 17.7. The average Bonchev–Trinajstić information content (AvgIpc) is 3.19. The first kappa shape index (κ1) is 18.6. The standard InChI is InChI=1S/C24H24N4O2/c1-24(2)12-19-21(20(29)13-24)22(28-23(27-19)25-15-26-28)17-9-6-10-18(11-17)30-14-16-7-4-3-5-8-16/h3-11,15,22H,12-14H2,1-2H3,(H,25,26,27)/t22-/m0/s1. The summed E-state index contributed by atoms with van der Waals surface area (Å²) in [6.07, 6.45) is 2.86. The highest BCUT2D eigenvalue weighted by atomic mass is 16.5. The van der Waals surface area contributed by atoms with Gasteiger partial charge in [0, 0.05) is 17.7 Å². The Labute approximate surface area is 175 Å². The molecule has 1 N–H and O–H groups in total. The second kappa shape index (κ2) is 7.13. The lowest BCUT2D eigenvalue weighted by atomic mass is 9.73. The summed E-state index contributed by atoms with van der Waals surface area (Å²) in [6.45, 7) is 4.75. The van der Waals surface area contributed by atoms with Crippen LogP contribution in [0.4, 0.5) is 5.95 Å². The molecule has 0 saturated heterocycles. The number of carbonyl (C=O) groups excluding carboxylic acids is 1. The van der Waals surface area contributed by atoms with E-state index < -0.39 is 0 Å². The van der Waals surface area contributed by atoms with Crippen molar-refractivity contribution in [3.05, 3.63) is 83.3 Å². The van der Waals surface area contributed by atoms with Crippen molar-refractivity contribution in [2.24, 2.45) is 5.41 Å². The highest BCUT2D eigenvalue weighted by Crippen LogP contribution is 2.45. The van der Waals surface area contributed by atoms with Gasteiger partial charge in [-0.3, -0.25) is 4.79 Å². The van der Waals surface area contributed by atoms with Gasteiger partial charge < -0.3 is 10.1 Å². The second-order valence-electron chi connectivity index (χ2n) is 8.74. The van der Waals surface area contributed by atoms with Crippen molar-refractivity contribution in [3.63, 3.8) is 0 Å². The Morgan fingerprint density at radius 1 is 1.13 bits per heavy atom. The van der Waals surface area contributed by atoms with E-state index in [4.69, 9.17) is 4.74 Å². The average molecular weight is 400 g/mol. The third-order valence-corrected chi connectivity index (χ3v) is 5.70. The zero-order valence-corrected chi connectivity index (χ0v) is 17.1. The van der Waals surface area contributed by atoms with Crippen LogP contribution in [0.1, 0.15) is 43.9 Å². The van der Waals surface area contributed by atoms with E-state index in [2.05, 4.69) is 29.2 Å².